The number of rotatable bonds is 2. The maximum Gasteiger partial charge on any atom is 0.125 e. The Bertz CT molecular complexity index is 493. The highest BCUT2D eigenvalue weighted by molar-refractivity contribution is 9.11. The van der Waals surface area contributed by atoms with Crippen LogP contribution in [0.5, 0.6) is 0 Å². The standard InChI is InChI=1S/C10H7Br2N3O/c11-7-1-8(12)9(15-4-7)10(16)6-2-13-5-14-3-6/h1-5,10,16H. The van der Waals surface area contributed by atoms with Gasteiger partial charge in [-0.3, -0.25) is 4.98 Å². The smallest absolute Gasteiger partial charge is 0.125 e. The fourth-order valence-corrected chi connectivity index (χ4v) is 2.44. The van der Waals surface area contributed by atoms with E-state index in [0.29, 0.717) is 11.3 Å². The van der Waals surface area contributed by atoms with E-state index in [4.69, 9.17) is 0 Å². The Morgan fingerprint density at radius 1 is 1.12 bits per heavy atom. The molecule has 4 nitrogen and oxygen atoms in total. The van der Waals surface area contributed by atoms with Gasteiger partial charge in [0.15, 0.2) is 0 Å². The van der Waals surface area contributed by atoms with Crippen LogP contribution in [0, 0.1) is 0 Å². The maximum absolute atomic E-state index is 10.1. The van der Waals surface area contributed by atoms with Crippen LogP contribution in [-0.2, 0) is 0 Å². The molecule has 0 radical (unpaired) electrons. The van der Waals surface area contributed by atoms with Crippen LogP contribution in [0.2, 0.25) is 0 Å². The van der Waals surface area contributed by atoms with Crippen LogP contribution in [0.25, 0.3) is 0 Å². The molecule has 0 saturated heterocycles. The van der Waals surface area contributed by atoms with Crippen LogP contribution in [0.15, 0.2) is 39.9 Å². The Hall–Kier alpha value is -0.850. The molecule has 0 spiro atoms. The van der Waals surface area contributed by atoms with Gasteiger partial charge in [0.05, 0.1) is 5.69 Å². The summed E-state index contributed by atoms with van der Waals surface area (Å²) in [6.07, 6.45) is 5.35. The lowest BCUT2D eigenvalue weighted by molar-refractivity contribution is 0.213. The fourth-order valence-electron chi connectivity index (χ4n) is 1.24. The van der Waals surface area contributed by atoms with Crippen molar-refractivity contribution in [1.82, 2.24) is 15.0 Å². The molecule has 1 atom stereocenters. The highest BCUT2D eigenvalue weighted by Gasteiger charge is 2.15. The maximum atomic E-state index is 10.1. The summed E-state index contributed by atoms with van der Waals surface area (Å²) in [6.45, 7) is 0. The van der Waals surface area contributed by atoms with E-state index in [0.717, 1.165) is 8.95 Å². The molecule has 0 amide bonds. The van der Waals surface area contributed by atoms with Gasteiger partial charge in [-0.15, -0.1) is 0 Å². The molecule has 0 aliphatic carbocycles. The number of aromatic nitrogens is 3. The average molecular weight is 345 g/mol. The van der Waals surface area contributed by atoms with E-state index in [1.807, 2.05) is 6.07 Å². The van der Waals surface area contributed by atoms with E-state index in [-0.39, 0.29) is 0 Å². The van der Waals surface area contributed by atoms with Crippen molar-refractivity contribution >= 4 is 31.9 Å². The second kappa shape index (κ2) is 4.99. The molecule has 1 N–H and O–H groups in total. The third-order valence-corrected chi connectivity index (χ3v) is 3.06. The van der Waals surface area contributed by atoms with Crippen molar-refractivity contribution < 1.29 is 5.11 Å². The molecule has 0 aromatic carbocycles. The molecule has 2 heterocycles. The predicted molar refractivity (Wildman–Crippen MR) is 65.7 cm³/mol. The molecule has 2 aromatic rings. The molecule has 0 fully saturated rings. The van der Waals surface area contributed by atoms with Gasteiger partial charge in [0.1, 0.15) is 12.4 Å². The van der Waals surface area contributed by atoms with Gasteiger partial charge in [0.25, 0.3) is 0 Å². The first-order valence-electron chi connectivity index (χ1n) is 4.42. The monoisotopic (exact) mass is 343 g/mol. The molecule has 2 rings (SSSR count). The fraction of sp³-hybridized carbons (Fsp3) is 0.100. The summed E-state index contributed by atoms with van der Waals surface area (Å²) in [5.74, 6) is 0. The second-order valence-electron chi connectivity index (χ2n) is 3.09. The topological polar surface area (TPSA) is 58.9 Å². The summed E-state index contributed by atoms with van der Waals surface area (Å²) in [4.78, 5) is 11.9. The van der Waals surface area contributed by atoms with Gasteiger partial charge in [0.2, 0.25) is 0 Å². The summed E-state index contributed by atoms with van der Waals surface area (Å²) in [6, 6.07) is 1.83. The normalized spacial score (nSPS) is 12.4. The van der Waals surface area contributed by atoms with E-state index in [2.05, 4.69) is 46.8 Å². The van der Waals surface area contributed by atoms with Gasteiger partial charge in [-0.1, -0.05) is 0 Å². The van der Waals surface area contributed by atoms with Gasteiger partial charge in [-0.05, 0) is 37.9 Å². The highest BCUT2D eigenvalue weighted by atomic mass is 79.9. The minimum absolute atomic E-state index is 0.540. The first kappa shape index (κ1) is 11.6. The quantitative estimate of drug-likeness (QED) is 0.909. The van der Waals surface area contributed by atoms with Crippen LogP contribution >= 0.6 is 31.9 Å². The van der Waals surface area contributed by atoms with E-state index < -0.39 is 6.10 Å². The Balaban J connectivity index is 2.38. The third kappa shape index (κ3) is 2.45. The lowest BCUT2D eigenvalue weighted by Gasteiger charge is -2.11. The van der Waals surface area contributed by atoms with Gasteiger partial charge in [-0.25, -0.2) is 9.97 Å². The van der Waals surface area contributed by atoms with Crippen molar-refractivity contribution in [1.29, 1.82) is 0 Å². The summed E-state index contributed by atoms with van der Waals surface area (Å²) < 4.78 is 1.58. The van der Waals surface area contributed by atoms with Crippen molar-refractivity contribution in [3.05, 3.63) is 51.2 Å². The SMILES string of the molecule is OC(c1cncnc1)c1ncc(Br)cc1Br. The van der Waals surface area contributed by atoms with Crippen LogP contribution in [0.1, 0.15) is 17.4 Å². The summed E-state index contributed by atoms with van der Waals surface area (Å²) in [5.41, 5.74) is 1.15. The second-order valence-corrected chi connectivity index (χ2v) is 4.86. The van der Waals surface area contributed by atoms with Crippen LogP contribution < -0.4 is 0 Å². The molecular formula is C10H7Br2N3O. The molecule has 6 heteroatoms. The molecule has 0 aliphatic heterocycles. The first-order valence-corrected chi connectivity index (χ1v) is 6.01. The number of pyridine rings is 1. The lowest BCUT2D eigenvalue weighted by atomic mass is 10.1. The largest absolute Gasteiger partial charge is 0.382 e. The van der Waals surface area contributed by atoms with Crippen LogP contribution in [0.3, 0.4) is 0 Å². The first-order chi connectivity index (χ1) is 7.68. The molecule has 1 unspecified atom stereocenters. The van der Waals surface area contributed by atoms with Crippen molar-refractivity contribution in [3.63, 3.8) is 0 Å². The third-order valence-electron chi connectivity index (χ3n) is 1.99. The molecule has 0 saturated carbocycles. The Kier molecular flexibility index (Phi) is 3.63. The van der Waals surface area contributed by atoms with Gasteiger partial charge >= 0.3 is 0 Å². The summed E-state index contributed by atoms with van der Waals surface area (Å²) in [7, 11) is 0. The zero-order valence-corrected chi connectivity index (χ0v) is 11.2. The zero-order chi connectivity index (χ0) is 11.5. The van der Waals surface area contributed by atoms with E-state index in [9.17, 15) is 5.11 Å². The molecule has 82 valence electrons. The van der Waals surface area contributed by atoms with E-state index >= 15 is 0 Å². The highest BCUT2D eigenvalue weighted by Crippen LogP contribution is 2.27. The molecule has 0 bridgehead atoms. The predicted octanol–water partition coefficient (Wildman–Crippen LogP) is 2.48. The minimum Gasteiger partial charge on any atom is -0.382 e. The van der Waals surface area contributed by atoms with Crippen LogP contribution in [-0.4, -0.2) is 20.1 Å². The van der Waals surface area contributed by atoms with E-state index in [1.165, 1.54) is 6.33 Å². The Morgan fingerprint density at radius 3 is 2.44 bits per heavy atom. The number of aliphatic hydroxyl groups is 1. The van der Waals surface area contributed by atoms with Crippen LogP contribution in [0.4, 0.5) is 0 Å². The van der Waals surface area contributed by atoms with Gasteiger partial charge in [-0.2, -0.15) is 0 Å². The summed E-state index contributed by atoms with van der Waals surface area (Å²) >= 11 is 6.65. The molecule has 2 aromatic heterocycles. The van der Waals surface area contributed by atoms with Crippen molar-refractivity contribution in [2.24, 2.45) is 0 Å². The Morgan fingerprint density at radius 2 is 1.81 bits per heavy atom. The molecule has 16 heavy (non-hydrogen) atoms. The van der Waals surface area contributed by atoms with Gasteiger partial charge < -0.3 is 5.11 Å². The number of hydrogen-bond donors (Lipinski definition) is 1. The van der Waals surface area contributed by atoms with Gasteiger partial charge in [0, 0.05) is 33.1 Å². The van der Waals surface area contributed by atoms with Crippen molar-refractivity contribution in [2.45, 2.75) is 6.10 Å². The number of hydrogen-bond acceptors (Lipinski definition) is 4. The van der Waals surface area contributed by atoms with Crippen molar-refractivity contribution in [3.8, 4) is 0 Å². The van der Waals surface area contributed by atoms with Crippen molar-refractivity contribution in [2.75, 3.05) is 0 Å². The number of halogens is 2. The molecule has 0 aliphatic rings. The lowest BCUT2D eigenvalue weighted by Crippen LogP contribution is -2.04. The molecular weight excluding hydrogens is 338 g/mol. The Labute approximate surface area is 109 Å². The minimum atomic E-state index is -0.830. The number of aliphatic hydroxyl groups excluding tert-OH is 1. The number of nitrogens with zero attached hydrogens (tertiary/aromatic N) is 3. The zero-order valence-electron chi connectivity index (χ0n) is 8.01. The average Bonchev–Trinajstić information content (AvgIpc) is 2.29. The van der Waals surface area contributed by atoms with E-state index in [1.54, 1.807) is 18.6 Å². The summed E-state index contributed by atoms with van der Waals surface area (Å²) in [5, 5.41) is 10.1.